The lowest BCUT2D eigenvalue weighted by Crippen LogP contribution is -2.30. The highest BCUT2D eigenvalue weighted by Gasteiger charge is 2.17. The van der Waals surface area contributed by atoms with Gasteiger partial charge in [-0.05, 0) is 53.6 Å². The average Bonchev–Trinajstić information content (AvgIpc) is 2.63. The van der Waals surface area contributed by atoms with Crippen molar-refractivity contribution in [1.82, 2.24) is 14.9 Å². The molecule has 0 radical (unpaired) electrons. The predicted molar refractivity (Wildman–Crippen MR) is 93.5 cm³/mol. The summed E-state index contributed by atoms with van der Waals surface area (Å²) in [7, 11) is 0. The van der Waals surface area contributed by atoms with Crippen molar-refractivity contribution in [3.63, 3.8) is 0 Å². The first-order valence-corrected chi connectivity index (χ1v) is 7.93. The highest BCUT2D eigenvalue weighted by Crippen LogP contribution is 2.16. The van der Waals surface area contributed by atoms with E-state index in [-0.39, 0.29) is 5.91 Å². The molecular formula is C19H16ClN3O. The number of carbonyl (C=O) groups excluding carboxylic acids is 1. The Morgan fingerprint density at radius 3 is 2.25 bits per heavy atom. The second kappa shape index (κ2) is 7.70. The Labute approximate surface area is 145 Å². The molecule has 0 unspecified atom stereocenters. The van der Waals surface area contributed by atoms with Crippen LogP contribution in [0.5, 0.6) is 0 Å². The number of nitrogens with zero attached hydrogens (tertiary/aromatic N) is 3. The Balaban J connectivity index is 1.85. The van der Waals surface area contributed by atoms with Crippen LogP contribution in [0, 0.1) is 0 Å². The van der Waals surface area contributed by atoms with Crippen LogP contribution in [0.25, 0.3) is 0 Å². The summed E-state index contributed by atoms with van der Waals surface area (Å²) < 4.78 is 0. The van der Waals surface area contributed by atoms with Crippen molar-refractivity contribution in [2.75, 3.05) is 0 Å². The fourth-order valence-corrected chi connectivity index (χ4v) is 2.52. The molecule has 0 bridgehead atoms. The van der Waals surface area contributed by atoms with Gasteiger partial charge in [-0.1, -0.05) is 17.7 Å². The minimum atomic E-state index is -0.0488. The standard InChI is InChI=1S/C19H16ClN3O/c20-18-5-3-17(4-6-18)19(24)23(13-15-7-10-21-11-8-15)14-16-2-1-9-22-12-16/h1-12H,13-14H2. The van der Waals surface area contributed by atoms with Crippen LogP contribution in [-0.4, -0.2) is 20.8 Å². The molecule has 0 saturated heterocycles. The van der Waals surface area contributed by atoms with Crippen LogP contribution < -0.4 is 0 Å². The fourth-order valence-electron chi connectivity index (χ4n) is 2.40. The van der Waals surface area contributed by atoms with E-state index in [0.29, 0.717) is 23.7 Å². The number of hydrogen-bond donors (Lipinski definition) is 0. The molecule has 0 saturated carbocycles. The Hall–Kier alpha value is -2.72. The van der Waals surface area contributed by atoms with Gasteiger partial charge < -0.3 is 4.90 Å². The van der Waals surface area contributed by atoms with Crippen molar-refractivity contribution in [2.45, 2.75) is 13.1 Å². The minimum Gasteiger partial charge on any atom is -0.330 e. The molecule has 0 atom stereocenters. The first kappa shape index (κ1) is 16.1. The van der Waals surface area contributed by atoms with E-state index in [1.807, 2.05) is 24.3 Å². The zero-order valence-electron chi connectivity index (χ0n) is 13.0. The SMILES string of the molecule is O=C(c1ccc(Cl)cc1)N(Cc1ccncc1)Cc1cccnc1. The molecule has 0 spiro atoms. The zero-order valence-corrected chi connectivity index (χ0v) is 13.7. The van der Waals surface area contributed by atoms with Gasteiger partial charge >= 0.3 is 0 Å². The first-order valence-electron chi connectivity index (χ1n) is 7.55. The number of aromatic nitrogens is 2. The van der Waals surface area contributed by atoms with E-state index >= 15 is 0 Å². The molecule has 1 amide bonds. The number of halogens is 1. The van der Waals surface area contributed by atoms with Gasteiger partial charge in [-0.2, -0.15) is 0 Å². The minimum absolute atomic E-state index is 0.0488. The van der Waals surface area contributed by atoms with Crippen LogP contribution in [0.1, 0.15) is 21.5 Å². The molecule has 3 rings (SSSR count). The molecule has 2 aromatic heterocycles. The summed E-state index contributed by atoms with van der Waals surface area (Å²) in [6, 6.07) is 14.6. The van der Waals surface area contributed by atoms with Gasteiger partial charge in [0, 0.05) is 48.5 Å². The lowest BCUT2D eigenvalue weighted by Gasteiger charge is -2.23. The van der Waals surface area contributed by atoms with Gasteiger partial charge in [0.1, 0.15) is 0 Å². The van der Waals surface area contributed by atoms with E-state index in [1.165, 1.54) is 0 Å². The quantitative estimate of drug-likeness (QED) is 0.707. The van der Waals surface area contributed by atoms with Crippen molar-refractivity contribution in [2.24, 2.45) is 0 Å². The fraction of sp³-hybridized carbons (Fsp3) is 0.105. The number of carbonyl (C=O) groups is 1. The summed E-state index contributed by atoms with van der Waals surface area (Å²) in [5.41, 5.74) is 2.61. The topological polar surface area (TPSA) is 46.1 Å². The van der Waals surface area contributed by atoms with Gasteiger partial charge in [-0.25, -0.2) is 0 Å². The molecule has 0 N–H and O–H groups in total. The molecule has 5 heteroatoms. The van der Waals surface area contributed by atoms with Crippen LogP contribution >= 0.6 is 11.6 Å². The summed E-state index contributed by atoms with van der Waals surface area (Å²) in [5, 5.41) is 0.611. The van der Waals surface area contributed by atoms with E-state index in [2.05, 4.69) is 9.97 Å². The van der Waals surface area contributed by atoms with E-state index in [1.54, 1.807) is 54.0 Å². The average molecular weight is 338 g/mol. The Morgan fingerprint density at radius 2 is 1.58 bits per heavy atom. The lowest BCUT2D eigenvalue weighted by atomic mass is 10.1. The maximum Gasteiger partial charge on any atom is 0.254 e. The molecule has 4 nitrogen and oxygen atoms in total. The molecule has 2 heterocycles. The third kappa shape index (κ3) is 4.18. The van der Waals surface area contributed by atoms with E-state index in [4.69, 9.17) is 11.6 Å². The molecule has 1 aromatic carbocycles. The highest BCUT2D eigenvalue weighted by molar-refractivity contribution is 6.30. The van der Waals surface area contributed by atoms with E-state index < -0.39 is 0 Å². The third-order valence-electron chi connectivity index (χ3n) is 3.60. The van der Waals surface area contributed by atoms with Gasteiger partial charge in [0.25, 0.3) is 5.91 Å². The van der Waals surface area contributed by atoms with Crippen LogP contribution in [-0.2, 0) is 13.1 Å². The largest absolute Gasteiger partial charge is 0.330 e. The Bertz CT molecular complexity index is 750. The molecule has 120 valence electrons. The van der Waals surface area contributed by atoms with Crippen molar-refractivity contribution in [1.29, 1.82) is 0 Å². The monoisotopic (exact) mass is 337 g/mol. The smallest absolute Gasteiger partial charge is 0.254 e. The summed E-state index contributed by atoms with van der Waals surface area (Å²) in [6.45, 7) is 0.983. The number of benzene rings is 1. The number of amides is 1. The van der Waals surface area contributed by atoms with Gasteiger partial charge in [0.05, 0.1) is 0 Å². The highest BCUT2D eigenvalue weighted by atomic mass is 35.5. The van der Waals surface area contributed by atoms with Crippen molar-refractivity contribution in [3.8, 4) is 0 Å². The van der Waals surface area contributed by atoms with Crippen LogP contribution in [0.2, 0.25) is 5.02 Å². The van der Waals surface area contributed by atoms with Crippen LogP contribution in [0.3, 0.4) is 0 Å². The second-order valence-corrected chi connectivity index (χ2v) is 5.82. The maximum absolute atomic E-state index is 12.9. The first-order chi connectivity index (χ1) is 11.7. The molecule has 0 fully saturated rings. The molecule has 0 aliphatic carbocycles. The van der Waals surface area contributed by atoms with Crippen LogP contribution in [0.15, 0.2) is 73.3 Å². The predicted octanol–water partition coefficient (Wildman–Crippen LogP) is 3.97. The molecule has 0 aliphatic heterocycles. The van der Waals surface area contributed by atoms with Gasteiger partial charge in [0.2, 0.25) is 0 Å². The van der Waals surface area contributed by atoms with E-state index in [0.717, 1.165) is 11.1 Å². The number of hydrogen-bond acceptors (Lipinski definition) is 3. The van der Waals surface area contributed by atoms with Crippen molar-refractivity contribution < 1.29 is 4.79 Å². The number of pyridine rings is 2. The van der Waals surface area contributed by atoms with Crippen LogP contribution in [0.4, 0.5) is 0 Å². The zero-order chi connectivity index (χ0) is 16.8. The van der Waals surface area contributed by atoms with Gasteiger partial charge in [0.15, 0.2) is 0 Å². The molecular weight excluding hydrogens is 322 g/mol. The van der Waals surface area contributed by atoms with Crippen molar-refractivity contribution >= 4 is 17.5 Å². The summed E-state index contributed by atoms with van der Waals surface area (Å²) >= 11 is 5.92. The van der Waals surface area contributed by atoms with Crippen molar-refractivity contribution in [3.05, 3.63) is 95.0 Å². The number of rotatable bonds is 5. The van der Waals surface area contributed by atoms with E-state index in [9.17, 15) is 4.79 Å². The maximum atomic E-state index is 12.9. The summed E-state index contributed by atoms with van der Waals surface area (Å²) in [6.07, 6.45) is 6.95. The second-order valence-electron chi connectivity index (χ2n) is 5.38. The summed E-state index contributed by atoms with van der Waals surface area (Å²) in [4.78, 5) is 22.8. The van der Waals surface area contributed by atoms with Gasteiger partial charge in [-0.3, -0.25) is 14.8 Å². The molecule has 0 aliphatic rings. The summed E-state index contributed by atoms with van der Waals surface area (Å²) in [5.74, 6) is -0.0488. The molecule has 3 aromatic rings. The Morgan fingerprint density at radius 1 is 0.875 bits per heavy atom. The molecule has 24 heavy (non-hydrogen) atoms. The normalized spacial score (nSPS) is 10.4. The third-order valence-corrected chi connectivity index (χ3v) is 3.85. The lowest BCUT2D eigenvalue weighted by molar-refractivity contribution is 0.0730. The Kier molecular flexibility index (Phi) is 5.18. The van der Waals surface area contributed by atoms with Gasteiger partial charge in [-0.15, -0.1) is 0 Å².